The summed E-state index contributed by atoms with van der Waals surface area (Å²) in [6, 6.07) is 15.2. The summed E-state index contributed by atoms with van der Waals surface area (Å²) in [6.45, 7) is 2.08. The van der Waals surface area contributed by atoms with Crippen molar-refractivity contribution in [3.05, 3.63) is 69.8 Å². The fraction of sp³-hybridized carbons (Fsp3) is 0.250. The van der Waals surface area contributed by atoms with Crippen molar-refractivity contribution < 1.29 is 4.92 Å². The van der Waals surface area contributed by atoms with Crippen molar-refractivity contribution in [2.45, 2.75) is 17.9 Å². The Hall–Kier alpha value is -1.85. The lowest BCUT2D eigenvalue weighted by molar-refractivity contribution is -0.387. The van der Waals surface area contributed by atoms with Crippen molar-refractivity contribution in [1.29, 1.82) is 0 Å². The fourth-order valence-corrected chi connectivity index (χ4v) is 3.37. The minimum absolute atomic E-state index is 0.163. The molecule has 0 aromatic heterocycles. The van der Waals surface area contributed by atoms with E-state index in [-0.39, 0.29) is 16.7 Å². The smallest absolute Gasteiger partial charge is 0.282 e. The summed E-state index contributed by atoms with van der Waals surface area (Å²) in [7, 11) is 1.91. The second-order valence-electron chi connectivity index (χ2n) is 4.73. The molecular weight excluding hydrogens is 284 g/mol. The summed E-state index contributed by atoms with van der Waals surface area (Å²) in [6.07, 6.45) is 0. The average molecular weight is 302 g/mol. The van der Waals surface area contributed by atoms with Crippen LogP contribution in [0.1, 0.15) is 17.2 Å². The lowest BCUT2D eigenvalue weighted by Crippen LogP contribution is -2.19. The Kier molecular flexibility index (Phi) is 5.36. The maximum absolute atomic E-state index is 11.0. The van der Waals surface area contributed by atoms with E-state index in [1.165, 1.54) is 22.9 Å². The molecule has 0 saturated carbocycles. The maximum Gasteiger partial charge on any atom is 0.282 e. The van der Waals surface area contributed by atoms with Crippen molar-refractivity contribution >= 4 is 17.4 Å². The van der Waals surface area contributed by atoms with Gasteiger partial charge in [0.25, 0.3) is 5.69 Å². The molecule has 0 bridgehead atoms. The lowest BCUT2D eigenvalue weighted by Gasteiger charge is -2.18. The second-order valence-corrected chi connectivity index (χ2v) is 5.80. The Bertz CT molecular complexity index is 631. The van der Waals surface area contributed by atoms with Crippen molar-refractivity contribution in [2.75, 3.05) is 12.8 Å². The van der Waals surface area contributed by atoms with Gasteiger partial charge in [0.1, 0.15) is 0 Å². The van der Waals surface area contributed by atoms with E-state index in [9.17, 15) is 10.1 Å². The third kappa shape index (κ3) is 3.83. The van der Waals surface area contributed by atoms with Gasteiger partial charge in [0.15, 0.2) is 0 Å². The highest BCUT2D eigenvalue weighted by Crippen LogP contribution is 2.32. The van der Waals surface area contributed by atoms with Crippen LogP contribution in [0.4, 0.5) is 5.69 Å². The highest BCUT2D eigenvalue weighted by atomic mass is 32.2. The zero-order valence-corrected chi connectivity index (χ0v) is 12.9. The molecule has 5 heteroatoms. The fourth-order valence-electron chi connectivity index (χ4n) is 2.21. The molecule has 2 rings (SSSR count). The van der Waals surface area contributed by atoms with Crippen LogP contribution in [0.25, 0.3) is 0 Å². The van der Waals surface area contributed by atoms with E-state index >= 15 is 0 Å². The molecule has 0 heterocycles. The van der Waals surface area contributed by atoms with E-state index < -0.39 is 0 Å². The van der Waals surface area contributed by atoms with Crippen molar-refractivity contribution in [3.8, 4) is 0 Å². The normalized spacial score (nSPS) is 12.1. The van der Waals surface area contributed by atoms with Gasteiger partial charge in [-0.3, -0.25) is 10.1 Å². The summed E-state index contributed by atoms with van der Waals surface area (Å²) >= 11 is 1.51. The van der Waals surface area contributed by atoms with Crippen LogP contribution in [-0.4, -0.2) is 17.7 Å². The molecule has 0 spiro atoms. The van der Waals surface area contributed by atoms with Gasteiger partial charge >= 0.3 is 0 Å². The Balaban J connectivity index is 2.15. The first-order valence-corrected chi connectivity index (χ1v) is 7.71. The van der Waals surface area contributed by atoms with E-state index in [0.29, 0.717) is 4.90 Å². The van der Waals surface area contributed by atoms with E-state index in [1.54, 1.807) is 18.2 Å². The summed E-state index contributed by atoms with van der Waals surface area (Å²) in [4.78, 5) is 11.4. The van der Waals surface area contributed by atoms with E-state index in [1.807, 2.05) is 25.2 Å². The number of nitrogens with zero attached hydrogens (tertiary/aromatic N) is 1. The molecule has 4 nitrogen and oxygen atoms in total. The number of nitro benzene ring substituents is 1. The first-order valence-electron chi connectivity index (χ1n) is 6.72. The highest BCUT2D eigenvalue weighted by molar-refractivity contribution is 7.99. The van der Waals surface area contributed by atoms with E-state index in [4.69, 9.17) is 0 Å². The molecule has 1 atom stereocenters. The molecule has 21 heavy (non-hydrogen) atoms. The van der Waals surface area contributed by atoms with Gasteiger partial charge < -0.3 is 5.32 Å². The molecule has 1 unspecified atom stereocenters. The topological polar surface area (TPSA) is 55.2 Å². The van der Waals surface area contributed by atoms with Crippen LogP contribution in [0.5, 0.6) is 0 Å². The number of para-hydroxylation sites is 1. The molecule has 110 valence electrons. The minimum Gasteiger partial charge on any atom is -0.312 e. The predicted molar refractivity (Wildman–Crippen MR) is 86.8 cm³/mol. The van der Waals surface area contributed by atoms with Gasteiger partial charge in [-0.15, -0.1) is 11.8 Å². The third-order valence-corrected chi connectivity index (χ3v) is 4.54. The number of aryl methyl sites for hydroxylation is 1. The predicted octanol–water partition coefficient (Wildman–Crippen LogP) is 3.96. The van der Waals surface area contributed by atoms with Crippen LogP contribution >= 0.6 is 11.8 Å². The molecule has 0 amide bonds. The van der Waals surface area contributed by atoms with Crippen LogP contribution in [-0.2, 0) is 0 Å². The largest absolute Gasteiger partial charge is 0.312 e. The highest BCUT2D eigenvalue weighted by Gasteiger charge is 2.16. The third-order valence-electron chi connectivity index (χ3n) is 3.38. The molecule has 2 aromatic rings. The second kappa shape index (κ2) is 7.24. The summed E-state index contributed by atoms with van der Waals surface area (Å²) in [5.74, 6) is 0.742. The van der Waals surface area contributed by atoms with E-state index in [2.05, 4.69) is 24.4 Å². The van der Waals surface area contributed by atoms with Crippen LogP contribution < -0.4 is 5.32 Å². The van der Waals surface area contributed by atoms with Crippen molar-refractivity contribution in [3.63, 3.8) is 0 Å². The van der Waals surface area contributed by atoms with Gasteiger partial charge in [-0.25, -0.2) is 0 Å². The zero-order valence-electron chi connectivity index (χ0n) is 12.1. The Morgan fingerprint density at radius 3 is 2.52 bits per heavy atom. The monoisotopic (exact) mass is 302 g/mol. The number of benzene rings is 2. The summed E-state index contributed by atoms with van der Waals surface area (Å²) in [5, 5.41) is 14.3. The number of thioether (sulfide) groups is 1. The van der Waals surface area contributed by atoms with Crippen LogP contribution in [0, 0.1) is 17.0 Å². The zero-order chi connectivity index (χ0) is 15.2. The van der Waals surface area contributed by atoms with Gasteiger partial charge in [0.05, 0.1) is 9.82 Å². The quantitative estimate of drug-likeness (QED) is 0.498. The van der Waals surface area contributed by atoms with Crippen molar-refractivity contribution in [2.24, 2.45) is 0 Å². The van der Waals surface area contributed by atoms with Crippen LogP contribution in [0.3, 0.4) is 0 Å². The molecule has 0 saturated heterocycles. The lowest BCUT2D eigenvalue weighted by atomic mass is 10.0. The van der Waals surface area contributed by atoms with Gasteiger partial charge in [-0.2, -0.15) is 0 Å². The van der Waals surface area contributed by atoms with E-state index in [0.717, 1.165) is 5.75 Å². The molecule has 1 N–H and O–H groups in total. The maximum atomic E-state index is 11.0. The Morgan fingerprint density at radius 2 is 1.86 bits per heavy atom. The van der Waals surface area contributed by atoms with Gasteiger partial charge in [0.2, 0.25) is 0 Å². The van der Waals surface area contributed by atoms with Gasteiger partial charge in [-0.1, -0.05) is 36.4 Å². The minimum atomic E-state index is -0.329. The average Bonchev–Trinajstić information content (AvgIpc) is 2.49. The molecular formula is C16H18N2O2S. The van der Waals surface area contributed by atoms with Crippen LogP contribution in [0.15, 0.2) is 53.4 Å². The number of rotatable bonds is 6. The number of nitro groups is 1. The molecule has 2 aromatic carbocycles. The molecule has 0 aliphatic heterocycles. The van der Waals surface area contributed by atoms with Crippen molar-refractivity contribution in [1.82, 2.24) is 5.32 Å². The molecule has 0 aliphatic carbocycles. The SMILES string of the molecule is CNC(CSc1ccccc1[N+](=O)[O-])c1ccccc1C. The first-order chi connectivity index (χ1) is 10.1. The molecule has 0 fully saturated rings. The molecule has 0 aliphatic rings. The van der Waals surface area contributed by atoms with Gasteiger partial charge in [-0.05, 0) is 31.2 Å². The number of hydrogen-bond acceptors (Lipinski definition) is 4. The standard InChI is InChI=1S/C16H18N2O2S/c1-12-7-3-4-8-13(12)14(17-2)11-21-16-10-6-5-9-15(16)18(19)20/h3-10,14,17H,11H2,1-2H3. The molecule has 0 radical (unpaired) electrons. The van der Waals surface area contributed by atoms with Gasteiger partial charge in [0, 0.05) is 17.9 Å². The number of nitrogens with one attached hydrogen (secondary N) is 1. The number of hydrogen-bond donors (Lipinski definition) is 1. The van der Waals surface area contributed by atoms with Crippen LogP contribution in [0.2, 0.25) is 0 Å². The Morgan fingerprint density at radius 1 is 1.19 bits per heavy atom. The Labute approximate surface area is 128 Å². The summed E-state index contributed by atoms with van der Waals surface area (Å²) < 4.78 is 0. The first kappa shape index (κ1) is 15.5. The summed E-state index contributed by atoms with van der Waals surface area (Å²) in [5.41, 5.74) is 2.62.